The van der Waals surface area contributed by atoms with E-state index in [0.717, 1.165) is 66.5 Å². The van der Waals surface area contributed by atoms with E-state index in [2.05, 4.69) is 133 Å². The SMILES string of the molecule is c1ccc(-c2ccc3ccc4ccc(-c5ccc(-c6nc7ccccc7c7c6ccc6ccccc67)cc5)nc4c3n2)cc1. The number of rotatable bonds is 3. The molecule has 0 N–H and O–H groups in total. The maximum absolute atomic E-state index is 5.17. The first-order valence-corrected chi connectivity index (χ1v) is 14.9. The van der Waals surface area contributed by atoms with Crippen LogP contribution in [0.3, 0.4) is 0 Å². The molecule has 6 aromatic carbocycles. The van der Waals surface area contributed by atoms with Crippen molar-refractivity contribution in [2.75, 3.05) is 0 Å². The second-order valence-electron chi connectivity index (χ2n) is 11.2. The number of nitrogens with zero attached hydrogens (tertiary/aromatic N) is 3. The maximum Gasteiger partial charge on any atom is 0.0972 e. The monoisotopic (exact) mass is 559 g/mol. The number of para-hydroxylation sites is 1. The average Bonchev–Trinajstić information content (AvgIpc) is 3.11. The lowest BCUT2D eigenvalue weighted by Gasteiger charge is -2.13. The quantitative estimate of drug-likeness (QED) is 0.202. The predicted molar refractivity (Wildman–Crippen MR) is 184 cm³/mol. The van der Waals surface area contributed by atoms with Gasteiger partial charge in [0.15, 0.2) is 0 Å². The molecule has 3 nitrogen and oxygen atoms in total. The van der Waals surface area contributed by atoms with Crippen molar-refractivity contribution < 1.29 is 0 Å². The van der Waals surface area contributed by atoms with Crippen LogP contribution in [0.25, 0.3) is 88.0 Å². The van der Waals surface area contributed by atoms with E-state index in [0.29, 0.717) is 0 Å². The fraction of sp³-hybridized carbons (Fsp3) is 0. The molecule has 0 amide bonds. The number of fused-ring (bicyclic) bond motifs is 8. The lowest BCUT2D eigenvalue weighted by molar-refractivity contribution is 1.36. The van der Waals surface area contributed by atoms with E-state index in [1.807, 2.05) is 18.2 Å². The summed E-state index contributed by atoms with van der Waals surface area (Å²) in [6.07, 6.45) is 0. The third kappa shape index (κ3) is 3.94. The van der Waals surface area contributed by atoms with Crippen LogP contribution in [-0.2, 0) is 0 Å². The minimum atomic E-state index is 0.913. The highest BCUT2D eigenvalue weighted by Crippen LogP contribution is 2.37. The molecule has 0 aliphatic heterocycles. The molecule has 0 aliphatic rings. The summed E-state index contributed by atoms with van der Waals surface area (Å²) < 4.78 is 0. The van der Waals surface area contributed by atoms with Crippen LogP contribution < -0.4 is 0 Å². The highest BCUT2D eigenvalue weighted by molar-refractivity contribution is 6.22. The summed E-state index contributed by atoms with van der Waals surface area (Å²) in [6.45, 7) is 0. The minimum absolute atomic E-state index is 0.913. The van der Waals surface area contributed by atoms with E-state index in [-0.39, 0.29) is 0 Å². The Morgan fingerprint density at radius 1 is 0.318 bits per heavy atom. The molecule has 0 bridgehead atoms. The van der Waals surface area contributed by atoms with Crippen molar-refractivity contribution in [2.24, 2.45) is 0 Å². The Bertz CT molecular complexity index is 2520. The van der Waals surface area contributed by atoms with E-state index < -0.39 is 0 Å². The van der Waals surface area contributed by atoms with Gasteiger partial charge in [0.05, 0.1) is 33.6 Å². The number of benzene rings is 6. The van der Waals surface area contributed by atoms with Crippen LogP contribution in [0.2, 0.25) is 0 Å². The van der Waals surface area contributed by atoms with Crippen LogP contribution in [0.5, 0.6) is 0 Å². The van der Waals surface area contributed by atoms with Gasteiger partial charge in [0.25, 0.3) is 0 Å². The Hall–Kier alpha value is -5.93. The zero-order valence-electron chi connectivity index (χ0n) is 23.8. The molecule has 0 atom stereocenters. The third-order valence-corrected chi connectivity index (χ3v) is 8.63. The van der Waals surface area contributed by atoms with E-state index in [4.69, 9.17) is 15.0 Å². The van der Waals surface area contributed by atoms with Gasteiger partial charge >= 0.3 is 0 Å². The first kappa shape index (κ1) is 24.6. The van der Waals surface area contributed by atoms with Crippen molar-refractivity contribution in [2.45, 2.75) is 0 Å². The predicted octanol–water partition coefficient (Wildman–Crippen LogP) is 10.6. The van der Waals surface area contributed by atoms with Crippen molar-refractivity contribution in [3.05, 3.63) is 152 Å². The Morgan fingerprint density at radius 2 is 0.864 bits per heavy atom. The Labute approximate surface area is 254 Å². The number of pyridine rings is 3. The third-order valence-electron chi connectivity index (χ3n) is 8.63. The molecule has 0 aliphatic carbocycles. The Balaban J connectivity index is 1.18. The van der Waals surface area contributed by atoms with Gasteiger partial charge in [-0.2, -0.15) is 0 Å². The summed E-state index contributed by atoms with van der Waals surface area (Å²) in [5, 5.41) is 8.23. The number of hydrogen-bond donors (Lipinski definition) is 0. The van der Waals surface area contributed by atoms with E-state index in [1.165, 1.54) is 21.5 Å². The highest BCUT2D eigenvalue weighted by atomic mass is 14.8. The zero-order chi connectivity index (χ0) is 29.0. The van der Waals surface area contributed by atoms with Crippen LogP contribution in [0, 0.1) is 0 Å². The first-order valence-electron chi connectivity index (χ1n) is 14.9. The van der Waals surface area contributed by atoms with E-state index in [9.17, 15) is 0 Å². The molecular weight excluding hydrogens is 534 g/mol. The lowest BCUT2D eigenvalue weighted by Crippen LogP contribution is -1.92. The molecule has 0 fully saturated rings. The number of aromatic nitrogens is 3. The molecule has 44 heavy (non-hydrogen) atoms. The lowest BCUT2D eigenvalue weighted by atomic mass is 9.95. The number of hydrogen-bond acceptors (Lipinski definition) is 3. The van der Waals surface area contributed by atoms with Gasteiger partial charge in [-0.3, -0.25) is 0 Å². The minimum Gasteiger partial charge on any atom is -0.247 e. The molecule has 0 unspecified atom stereocenters. The normalized spacial score (nSPS) is 11.6. The second-order valence-corrected chi connectivity index (χ2v) is 11.2. The summed E-state index contributed by atoms with van der Waals surface area (Å²) in [7, 11) is 0. The highest BCUT2D eigenvalue weighted by Gasteiger charge is 2.14. The summed E-state index contributed by atoms with van der Waals surface area (Å²) >= 11 is 0. The van der Waals surface area contributed by atoms with Crippen molar-refractivity contribution in [3.8, 4) is 33.8 Å². The Morgan fingerprint density at radius 3 is 1.59 bits per heavy atom. The van der Waals surface area contributed by atoms with Gasteiger partial charge in [0.1, 0.15) is 0 Å². The van der Waals surface area contributed by atoms with Crippen LogP contribution in [-0.4, -0.2) is 15.0 Å². The van der Waals surface area contributed by atoms with Gasteiger partial charge in [-0.15, -0.1) is 0 Å². The van der Waals surface area contributed by atoms with Gasteiger partial charge in [0.2, 0.25) is 0 Å². The molecule has 9 rings (SSSR count). The Kier molecular flexibility index (Phi) is 5.50. The molecule has 0 saturated carbocycles. The molecule has 204 valence electrons. The summed E-state index contributed by atoms with van der Waals surface area (Å²) in [5.41, 5.74) is 8.93. The van der Waals surface area contributed by atoms with Crippen molar-refractivity contribution >= 4 is 54.3 Å². The summed E-state index contributed by atoms with van der Waals surface area (Å²) in [4.78, 5) is 15.4. The van der Waals surface area contributed by atoms with Gasteiger partial charge in [-0.25, -0.2) is 15.0 Å². The smallest absolute Gasteiger partial charge is 0.0972 e. The standard InChI is InChI=1S/C41H25N3/c1-2-9-27(10-3-1)35-24-21-30-18-19-31-22-25-36(43-41(31)40(30)42-35)28-14-16-29(17-15-28)39-34-23-20-26-8-4-5-11-32(26)38(34)33-12-6-7-13-37(33)44-39/h1-25H. The molecule has 9 aromatic rings. The first-order chi connectivity index (χ1) is 21.8. The molecule has 0 saturated heterocycles. The molecule has 0 radical (unpaired) electrons. The van der Waals surface area contributed by atoms with Crippen molar-refractivity contribution in [1.82, 2.24) is 15.0 Å². The fourth-order valence-electron chi connectivity index (χ4n) is 6.44. The molecule has 3 heteroatoms. The largest absolute Gasteiger partial charge is 0.247 e. The van der Waals surface area contributed by atoms with Crippen LogP contribution in [0.4, 0.5) is 0 Å². The van der Waals surface area contributed by atoms with Gasteiger partial charge in [0, 0.05) is 43.6 Å². The van der Waals surface area contributed by atoms with Crippen LogP contribution in [0.1, 0.15) is 0 Å². The van der Waals surface area contributed by atoms with Gasteiger partial charge in [-0.1, -0.05) is 133 Å². The fourth-order valence-corrected chi connectivity index (χ4v) is 6.44. The summed E-state index contributed by atoms with van der Waals surface area (Å²) in [6, 6.07) is 53.1. The average molecular weight is 560 g/mol. The van der Waals surface area contributed by atoms with Crippen LogP contribution >= 0.6 is 0 Å². The van der Waals surface area contributed by atoms with E-state index in [1.54, 1.807) is 0 Å². The summed E-state index contributed by atoms with van der Waals surface area (Å²) in [5.74, 6) is 0. The second kappa shape index (κ2) is 9.82. The van der Waals surface area contributed by atoms with Crippen molar-refractivity contribution in [1.29, 1.82) is 0 Å². The molecular formula is C41H25N3. The molecule has 3 aromatic heterocycles. The van der Waals surface area contributed by atoms with E-state index >= 15 is 0 Å². The zero-order valence-corrected chi connectivity index (χ0v) is 23.8. The maximum atomic E-state index is 5.17. The molecule has 0 spiro atoms. The van der Waals surface area contributed by atoms with Crippen LogP contribution in [0.15, 0.2) is 152 Å². The van der Waals surface area contributed by atoms with Gasteiger partial charge < -0.3 is 0 Å². The molecule has 3 heterocycles. The topological polar surface area (TPSA) is 38.7 Å². The van der Waals surface area contributed by atoms with Gasteiger partial charge in [-0.05, 0) is 29.0 Å². The van der Waals surface area contributed by atoms with Crippen molar-refractivity contribution in [3.63, 3.8) is 0 Å².